The number of thiazole rings is 1. The number of nitrogens with zero attached hydrogens (tertiary/aromatic N) is 3. The zero-order valence-corrected chi connectivity index (χ0v) is 16.9. The fourth-order valence-electron chi connectivity index (χ4n) is 3.03. The molecule has 3 rings (SSSR count). The zero-order chi connectivity index (χ0) is 19.4. The maximum atomic E-state index is 12.4. The largest absolute Gasteiger partial charge is 0.298 e. The number of anilines is 1. The lowest BCUT2D eigenvalue weighted by Gasteiger charge is -2.29. The van der Waals surface area contributed by atoms with Gasteiger partial charge in [-0.2, -0.15) is 0 Å². The van der Waals surface area contributed by atoms with Crippen LogP contribution >= 0.6 is 23.1 Å². The molecule has 2 heterocycles. The number of rotatable bonds is 6. The van der Waals surface area contributed by atoms with Crippen molar-refractivity contribution >= 4 is 39.8 Å². The van der Waals surface area contributed by atoms with E-state index in [0.717, 1.165) is 31.2 Å². The van der Waals surface area contributed by atoms with Crippen LogP contribution in [-0.2, 0) is 6.54 Å². The summed E-state index contributed by atoms with van der Waals surface area (Å²) in [6.07, 6.45) is 4.18. The van der Waals surface area contributed by atoms with Crippen LogP contribution in [0.25, 0.3) is 0 Å². The minimum atomic E-state index is -0.469. The third-order valence-electron chi connectivity index (χ3n) is 4.67. The van der Waals surface area contributed by atoms with Crippen molar-refractivity contribution in [2.45, 2.75) is 31.2 Å². The molecule has 1 aliphatic rings. The fraction of sp³-hybridized carbons (Fsp3) is 0.444. The molecule has 9 heteroatoms. The normalized spacial score (nSPS) is 15.6. The molecule has 1 saturated heterocycles. The number of carbonyl (C=O) groups is 1. The number of piperidine rings is 1. The van der Waals surface area contributed by atoms with Gasteiger partial charge in [-0.25, -0.2) is 4.98 Å². The molecule has 1 aliphatic heterocycles. The van der Waals surface area contributed by atoms with Crippen LogP contribution in [0.4, 0.5) is 10.8 Å². The van der Waals surface area contributed by atoms with E-state index in [0.29, 0.717) is 10.0 Å². The number of likely N-dealkylation sites (tertiary alicyclic amines) is 1. The summed E-state index contributed by atoms with van der Waals surface area (Å²) in [4.78, 5) is 30.5. The molecule has 1 aromatic heterocycles. The summed E-state index contributed by atoms with van der Waals surface area (Å²) in [5.41, 5.74) is 1.13. The van der Waals surface area contributed by atoms with Gasteiger partial charge in [-0.1, -0.05) is 6.92 Å². The molecule has 0 atom stereocenters. The molecule has 0 aliphatic carbocycles. The molecule has 0 bridgehead atoms. The van der Waals surface area contributed by atoms with Gasteiger partial charge in [-0.15, -0.1) is 23.1 Å². The molecule has 7 nitrogen and oxygen atoms in total. The van der Waals surface area contributed by atoms with Gasteiger partial charge in [-0.3, -0.25) is 25.1 Å². The molecule has 1 fully saturated rings. The summed E-state index contributed by atoms with van der Waals surface area (Å²) in [6.45, 7) is 5.22. The number of aromatic nitrogens is 1. The van der Waals surface area contributed by atoms with Gasteiger partial charge in [0.1, 0.15) is 0 Å². The molecule has 0 unspecified atom stereocenters. The van der Waals surface area contributed by atoms with Gasteiger partial charge in [0.15, 0.2) is 5.13 Å². The van der Waals surface area contributed by atoms with Crippen LogP contribution in [0.5, 0.6) is 0 Å². The van der Waals surface area contributed by atoms with E-state index in [9.17, 15) is 14.9 Å². The monoisotopic (exact) mass is 406 g/mol. The van der Waals surface area contributed by atoms with Gasteiger partial charge in [0, 0.05) is 23.6 Å². The van der Waals surface area contributed by atoms with Crippen molar-refractivity contribution < 1.29 is 9.72 Å². The first kappa shape index (κ1) is 19.8. The van der Waals surface area contributed by atoms with E-state index in [-0.39, 0.29) is 11.3 Å². The summed E-state index contributed by atoms with van der Waals surface area (Å²) in [5.74, 6) is 0.395. The van der Waals surface area contributed by atoms with E-state index >= 15 is 0 Å². The zero-order valence-electron chi connectivity index (χ0n) is 15.3. The Hall–Kier alpha value is -1.97. The molecule has 144 valence electrons. The molecule has 1 N–H and O–H groups in total. The van der Waals surface area contributed by atoms with Crippen LogP contribution in [0.3, 0.4) is 0 Å². The predicted molar refractivity (Wildman–Crippen MR) is 109 cm³/mol. The Balaban J connectivity index is 1.64. The molecule has 27 heavy (non-hydrogen) atoms. The van der Waals surface area contributed by atoms with Crippen LogP contribution in [-0.4, -0.2) is 40.1 Å². The van der Waals surface area contributed by atoms with E-state index in [1.54, 1.807) is 18.4 Å². The molecule has 0 radical (unpaired) electrons. The van der Waals surface area contributed by atoms with E-state index in [4.69, 9.17) is 0 Å². The molecule has 1 amide bonds. The summed E-state index contributed by atoms with van der Waals surface area (Å²) >= 11 is 2.65. The third-order valence-corrected chi connectivity index (χ3v) is 6.26. The molecular weight excluding hydrogens is 384 g/mol. The number of thioether (sulfide) groups is 1. The van der Waals surface area contributed by atoms with Crippen LogP contribution in [0.2, 0.25) is 0 Å². The first-order chi connectivity index (χ1) is 13.0. The second kappa shape index (κ2) is 8.81. The van der Waals surface area contributed by atoms with Gasteiger partial charge in [0.25, 0.3) is 11.6 Å². The Morgan fingerprint density at radius 1 is 1.44 bits per heavy atom. The first-order valence-corrected chi connectivity index (χ1v) is 10.9. The number of amides is 1. The van der Waals surface area contributed by atoms with Crippen molar-refractivity contribution in [3.05, 3.63) is 45.0 Å². The van der Waals surface area contributed by atoms with Crippen LogP contribution in [0.15, 0.2) is 28.5 Å². The van der Waals surface area contributed by atoms with Crippen LogP contribution in [0.1, 0.15) is 35.8 Å². The predicted octanol–water partition coefficient (Wildman–Crippen LogP) is 4.26. The van der Waals surface area contributed by atoms with E-state index in [1.165, 1.54) is 42.0 Å². The maximum absolute atomic E-state index is 12.4. The van der Waals surface area contributed by atoms with E-state index in [1.807, 2.05) is 5.38 Å². The summed E-state index contributed by atoms with van der Waals surface area (Å²) < 4.78 is 0. The number of nitro benzene ring substituents is 1. The minimum absolute atomic E-state index is 0.0608. The van der Waals surface area contributed by atoms with Crippen molar-refractivity contribution in [2.24, 2.45) is 5.92 Å². The number of nitro groups is 1. The highest BCUT2D eigenvalue weighted by molar-refractivity contribution is 7.98. The SMILES string of the molecule is CSc1ccc(C(=O)Nc2nc(CN3CCC(C)CC3)cs2)cc1[N+](=O)[O-]. The maximum Gasteiger partial charge on any atom is 0.283 e. The summed E-state index contributed by atoms with van der Waals surface area (Å²) in [7, 11) is 0. The van der Waals surface area contributed by atoms with E-state index in [2.05, 4.69) is 22.1 Å². The number of hydrogen-bond donors (Lipinski definition) is 1. The smallest absolute Gasteiger partial charge is 0.283 e. The molecule has 2 aromatic rings. The first-order valence-electron chi connectivity index (χ1n) is 8.77. The fourth-order valence-corrected chi connectivity index (χ4v) is 4.27. The van der Waals surface area contributed by atoms with Crippen LogP contribution in [0, 0.1) is 16.0 Å². The Bertz CT molecular complexity index is 832. The Kier molecular flexibility index (Phi) is 6.46. The lowest BCUT2D eigenvalue weighted by Crippen LogP contribution is -2.32. The number of benzene rings is 1. The van der Waals surface area contributed by atoms with Gasteiger partial charge < -0.3 is 0 Å². The summed E-state index contributed by atoms with van der Waals surface area (Å²) in [6, 6.07) is 4.50. The highest BCUT2D eigenvalue weighted by Gasteiger charge is 2.19. The van der Waals surface area contributed by atoms with Crippen molar-refractivity contribution in [1.29, 1.82) is 0 Å². The third kappa shape index (κ3) is 5.06. The Morgan fingerprint density at radius 3 is 2.85 bits per heavy atom. The quantitative estimate of drug-likeness (QED) is 0.438. The molecule has 1 aromatic carbocycles. The van der Waals surface area contributed by atoms with E-state index < -0.39 is 10.8 Å². The average Bonchev–Trinajstić information content (AvgIpc) is 3.09. The second-order valence-corrected chi connectivity index (χ2v) is 8.41. The van der Waals surface area contributed by atoms with Gasteiger partial charge in [0.05, 0.1) is 15.5 Å². The molecular formula is C18H22N4O3S2. The topological polar surface area (TPSA) is 88.4 Å². The van der Waals surface area contributed by atoms with Crippen molar-refractivity contribution in [3.8, 4) is 0 Å². The summed E-state index contributed by atoms with van der Waals surface area (Å²) in [5, 5.41) is 16.4. The highest BCUT2D eigenvalue weighted by Crippen LogP contribution is 2.29. The molecule has 0 saturated carbocycles. The lowest BCUT2D eigenvalue weighted by atomic mass is 9.99. The number of hydrogen-bond acceptors (Lipinski definition) is 7. The lowest BCUT2D eigenvalue weighted by molar-refractivity contribution is -0.387. The van der Waals surface area contributed by atoms with Gasteiger partial charge in [0.2, 0.25) is 0 Å². The Labute approximate surface area is 166 Å². The van der Waals surface area contributed by atoms with Crippen molar-refractivity contribution in [2.75, 3.05) is 24.7 Å². The minimum Gasteiger partial charge on any atom is -0.298 e. The number of nitrogens with one attached hydrogen (secondary N) is 1. The van der Waals surface area contributed by atoms with Gasteiger partial charge >= 0.3 is 0 Å². The average molecular weight is 407 g/mol. The van der Waals surface area contributed by atoms with Crippen molar-refractivity contribution in [3.63, 3.8) is 0 Å². The molecule has 0 spiro atoms. The highest BCUT2D eigenvalue weighted by atomic mass is 32.2. The van der Waals surface area contributed by atoms with Crippen LogP contribution < -0.4 is 5.32 Å². The van der Waals surface area contributed by atoms with Crippen molar-refractivity contribution in [1.82, 2.24) is 9.88 Å². The number of carbonyl (C=O) groups excluding carboxylic acids is 1. The Morgan fingerprint density at radius 2 is 2.19 bits per heavy atom. The second-order valence-electron chi connectivity index (χ2n) is 6.70. The standard InChI is InChI=1S/C18H22N4O3S2/c1-12-5-7-21(8-6-12)10-14-11-27-18(19-14)20-17(23)13-3-4-16(26-2)15(9-13)22(24)25/h3-4,9,11-12H,5-8,10H2,1-2H3,(H,19,20,23). The van der Waals surface area contributed by atoms with Gasteiger partial charge in [-0.05, 0) is 50.2 Å².